The van der Waals surface area contributed by atoms with E-state index < -0.39 is 0 Å². The molecule has 0 unspecified atom stereocenters. The molecule has 0 bridgehead atoms. The Hall–Kier alpha value is -3.03. The van der Waals surface area contributed by atoms with E-state index in [1.54, 1.807) is 4.90 Å². The Bertz CT molecular complexity index is 1030. The van der Waals surface area contributed by atoms with Gasteiger partial charge in [-0.2, -0.15) is 0 Å². The van der Waals surface area contributed by atoms with Crippen LogP contribution in [0.4, 0.5) is 5.13 Å². The standard InChI is InChI=1S/C25H30N4O2S/c1-18-19(2)32-25(26-18)27-23(30)17-29(16-8-15-28(3)4)24(31)22-13-11-21(12-14-22)20-9-6-5-7-10-20/h5-7,9-14H,8,15-17H2,1-4H3,(H,26,27,30). The van der Waals surface area contributed by atoms with Gasteiger partial charge in [0.2, 0.25) is 5.91 Å². The van der Waals surface area contributed by atoms with Crippen molar-refractivity contribution in [1.82, 2.24) is 14.8 Å². The van der Waals surface area contributed by atoms with Crippen molar-refractivity contribution >= 4 is 28.3 Å². The van der Waals surface area contributed by atoms with E-state index in [1.165, 1.54) is 11.3 Å². The van der Waals surface area contributed by atoms with Crippen molar-refractivity contribution < 1.29 is 9.59 Å². The number of aryl methyl sites for hydroxylation is 2. The molecule has 2 amide bonds. The second kappa shape index (κ2) is 11.0. The summed E-state index contributed by atoms with van der Waals surface area (Å²) < 4.78 is 0. The summed E-state index contributed by atoms with van der Waals surface area (Å²) in [5, 5.41) is 3.40. The second-order valence-corrected chi connectivity index (χ2v) is 9.24. The zero-order chi connectivity index (χ0) is 23.1. The van der Waals surface area contributed by atoms with Crippen LogP contribution < -0.4 is 5.32 Å². The highest BCUT2D eigenvalue weighted by molar-refractivity contribution is 7.15. The molecule has 0 aliphatic rings. The summed E-state index contributed by atoms with van der Waals surface area (Å²) in [5.74, 6) is -0.386. The van der Waals surface area contributed by atoms with Crippen molar-refractivity contribution in [2.75, 3.05) is 39.0 Å². The van der Waals surface area contributed by atoms with Gasteiger partial charge in [0, 0.05) is 17.0 Å². The molecule has 2 aromatic carbocycles. The summed E-state index contributed by atoms with van der Waals surface area (Å²) in [4.78, 5) is 35.0. The highest BCUT2D eigenvalue weighted by Crippen LogP contribution is 2.22. The number of carbonyl (C=O) groups excluding carboxylic acids is 2. The molecule has 32 heavy (non-hydrogen) atoms. The minimum Gasteiger partial charge on any atom is -0.329 e. The Morgan fingerprint density at radius 2 is 1.59 bits per heavy atom. The number of nitrogens with one attached hydrogen (secondary N) is 1. The molecule has 168 valence electrons. The molecule has 0 fully saturated rings. The van der Waals surface area contributed by atoms with E-state index in [4.69, 9.17) is 0 Å². The first-order valence-corrected chi connectivity index (χ1v) is 11.5. The second-order valence-electron chi connectivity index (χ2n) is 8.04. The van der Waals surface area contributed by atoms with Gasteiger partial charge in [0.05, 0.1) is 5.69 Å². The number of thiazole rings is 1. The fraction of sp³-hybridized carbons (Fsp3) is 0.320. The Balaban J connectivity index is 1.71. The first kappa shape index (κ1) is 23.6. The fourth-order valence-corrected chi connectivity index (χ4v) is 4.14. The molecule has 3 aromatic rings. The number of nitrogens with zero attached hydrogens (tertiary/aromatic N) is 3. The highest BCUT2D eigenvalue weighted by Gasteiger charge is 2.20. The van der Waals surface area contributed by atoms with Crippen LogP contribution in [-0.2, 0) is 4.79 Å². The molecule has 3 rings (SSSR count). The van der Waals surface area contributed by atoms with Crippen LogP contribution in [0.5, 0.6) is 0 Å². The van der Waals surface area contributed by atoms with Gasteiger partial charge in [-0.05, 0) is 64.2 Å². The van der Waals surface area contributed by atoms with Crippen LogP contribution in [0, 0.1) is 13.8 Å². The van der Waals surface area contributed by atoms with Crippen molar-refractivity contribution in [2.45, 2.75) is 20.3 Å². The molecule has 0 saturated carbocycles. The molecular weight excluding hydrogens is 420 g/mol. The lowest BCUT2D eigenvalue weighted by Gasteiger charge is -2.23. The van der Waals surface area contributed by atoms with E-state index in [0.29, 0.717) is 17.2 Å². The minimum absolute atomic E-state index is 0.00955. The van der Waals surface area contributed by atoms with Crippen molar-refractivity contribution in [1.29, 1.82) is 0 Å². The topological polar surface area (TPSA) is 65.5 Å². The largest absolute Gasteiger partial charge is 0.329 e. The third-order valence-corrected chi connectivity index (χ3v) is 6.16. The van der Waals surface area contributed by atoms with Crippen molar-refractivity contribution in [3.05, 3.63) is 70.7 Å². The zero-order valence-corrected chi connectivity index (χ0v) is 19.9. The van der Waals surface area contributed by atoms with Gasteiger partial charge in [0.1, 0.15) is 6.54 Å². The molecule has 1 N–H and O–H groups in total. The van der Waals surface area contributed by atoms with Crippen LogP contribution in [0.15, 0.2) is 54.6 Å². The summed E-state index contributed by atoms with van der Waals surface area (Å²) in [6.45, 7) is 5.21. The molecule has 0 aliphatic heterocycles. The Morgan fingerprint density at radius 1 is 0.938 bits per heavy atom. The van der Waals surface area contributed by atoms with E-state index in [9.17, 15) is 9.59 Å². The third kappa shape index (κ3) is 6.48. The summed E-state index contributed by atoms with van der Waals surface area (Å²) in [6.07, 6.45) is 0.781. The number of carbonyl (C=O) groups is 2. The van der Waals surface area contributed by atoms with Gasteiger partial charge in [-0.1, -0.05) is 42.5 Å². The maximum atomic E-state index is 13.2. The summed E-state index contributed by atoms with van der Waals surface area (Å²) in [7, 11) is 3.99. The molecule has 1 heterocycles. The SMILES string of the molecule is Cc1nc(NC(=O)CN(CCCN(C)C)C(=O)c2ccc(-c3ccccc3)cc2)sc1C. The van der Waals surface area contributed by atoms with Crippen molar-refractivity contribution in [3.8, 4) is 11.1 Å². The third-order valence-electron chi connectivity index (χ3n) is 5.17. The van der Waals surface area contributed by atoms with E-state index >= 15 is 0 Å². The van der Waals surface area contributed by atoms with Gasteiger partial charge >= 0.3 is 0 Å². The predicted octanol–water partition coefficient (Wildman–Crippen LogP) is 4.46. The van der Waals surface area contributed by atoms with Crippen molar-refractivity contribution in [2.24, 2.45) is 0 Å². The quantitative estimate of drug-likeness (QED) is 0.523. The molecule has 7 heteroatoms. The lowest BCUT2D eigenvalue weighted by molar-refractivity contribution is -0.116. The summed E-state index contributed by atoms with van der Waals surface area (Å²) in [5.41, 5.74) is 3.63. The monoisotopic (exact) mass is 450 g/mol. The lowest BCUT2D eigenvalue weighted by Crippen LogP contribution is -2.39. The number of anilines is 1. The van der Waals surface area contributed by atoms with Crippen LogP contribution in [-0.4, -0.2) is 60.3 Å². The van der Waals surface area contributed by atoms with Crippen LogP contribution >= 0.6 is 11.3 Å². The van der Waals surface area contributed by atoms with E-state index in [2.05, 4.69) is 15.2 Å². The van der Waals surface area contributed by atoms with Gasteiger partial charge in [-0.3, -0.25) is 9.59 Å². The fourth-order valence-electron chi connectivity index (χ4n) is 3.31. The molecule has 0 radical (unpaired) electrons. The molecular formula is C25H30N4O2S. The number of aromatic nitrogens is 1. The summed E-state index contributed by atoms with van der Waals surface area (Å²) in [6, 6.07) is 17.6. The Labute approximate surface area is 193 Å². The number of hydrogen-bond acceptors (Lipinski definition) is 5. The van der Waals surface area contributed by atoms with Gasteiger partial charge < -0.3 is 15.1 Å². The molecule has 6 nitrogen and oxygen atoms in total. The molecule has 0 saturated heterocycles. The summed E-state index contributed by atoms with van der Waals surface area (Å²) >= 11 is 1.44. The van der Waals surface area contributed by atoms with E-state index in [0.717, 1.165) is 34.7 Å². The average Bonchev–Trinajstić information content (AvgIpc) is 3.09. The number of rotatable bonds is 9. The Kier molecular flexibility index (Phi) is 8.14. The first-order chi connectivity index (χ1) is 15.3. The molecule has 0 spiro atoms. The van der Waals surface area contributed by atoms with Crippen molar-refractivity contribution in [3.63, 3.8) is 0 Å². The molecule has 0 aliphatic carbocycles. The van der Waals surface area contributed by atoms with Crippen LogP contribution in [0.2, 0.25) is 0 Å². The maximum absolute atomic E-state index is 13.2. The van der Waals surface area contributed by atoms with E-state index in [1.807, 2.05) is 82.5 Å². The maximum Gasteiger partial charge on any atom is 0.254 e. The zero-order valence-electron chi connectivity index (χ0n) is 19.1. The van der Waals surface area contributed by atoms with E-state index in [-0.39, 0.29) is 18.4 Å². The van der Waals surface area contributed by atoms with Gasteiger partial charge in [-0.15, -0.1) is 11.3 Å². The molecule has 0 atom stereocenters. The Morgan fingerprint density at radius 3 is 2.19 bits per heavy atom. The van der Waals surface area contributed by atoms with Crippen LogP contribution in [0.25, 0.3) is 11.1 Å². The number of amides is 2. The lowest BCUT2D eigenvalue weighted by atomic mass is 10.0. The smallest absolute Gasteiger partial charge is 0.254 e. The minimum atomic E-state index is -0.238. The normalized spacial score (nSPS) is 10.9. The van der Waals surface area contributed by atoms with Gasteiger partial charge in [0.15, 0.2) is 5.13 Å². The first-order valence-electron chi connectivity index (χ1n) is 10.7. The molecule has 1 aromatic heterocycles. The average molecular weight is 451 g/mol. The van der Waals surface area contributed by atoms with Gasteiger partial charge in [0.25, 0.3) is 5.91 Å². The highest BCUT2D eigenvalue weighted by atomic mass is 32.1. The van der Waals surface area contributed by atoms with Crippen LogP contribution in [0.1, 0.15) is 27.3 Å². The van der Waals surface area contributed by atoms with Crippen LogP contribution in [0.3, 0.4) is 0 Å². The van der Waals surface area contributed by atoms with Gasteiger partial charge in [-0.25, -0.2) is 4.98 Å². The number of benzene rings is 2. The predicted molar refractivity (Wildman–Crippen MR) is 131 cm³/mol. The number of hydrogen-bond donors (Lipinski definition) is 1.